The third-order valence-electron chi connectivity index (χ3n) is 4.35. The van der Waals surface area contributed by atoms with Gasteiger partial charge in [-0.2, -0.15) is 0 Å². The van der Waals surface area contributed by atoms with Gasteiger partial charge in [0.1, 0.15) is 5.82 Å². The summed E-state index contributed by atoms with van der Waals surface area (Å²) in [5, 5.41) is 8.42. The standard InChI is InChI=1S/C20H24N6O2S/c1-22-20(24-12-15-7-6-10-17(11-15)29(21,27)28)26(2)14-19-23-13-18(25-19)16-8-4-3-5-9-16/h3-11,13H,12,14H2,1-2H3,(H,22,24)(H,23,25)(H2,21,27,28). The molecule has 0 saturated carbocycles. The fourth-order valence-electron chi connectivity index (χ4n) is 2.91. The summed E-state index contributed by atoms with van der Waals surface area (Å²) < 4.78 is 23.0. The number of aromatic nitrogens is 2. The molecule has 8 nitrogen and oxygen atoms in total. The molecule has 0 radical (unpaired) electrons. The number of hydrogen-bond donors (Lipinski definition) is 3. The lowest BCUT2D eigenvalue weighted by atomic mass is 10.2. The van der Waals surface area contributed by atoms with Gasteiger partial charge in [-0.25, -0.2) is 18.5 Å². The highest BCUT2D eigenvalue weighted by atomic mass is 32.2. The van der Waals surface area contributed by atoms with Crippen LogP contribution in [0.4, 0.5) is 0 Å². The third kappa shape index (κ3) is 5.43. The molecule has 9 heteroatoms. The number of H-pyrrole nitrogens is 1. The highest BCUT2D eigenvalue weighted by Crippen LogP contribution is 2.16. The van der Waals surface area contributed by atoms with Crippen LogP contribution in [0, 0.1) is 0 Å². The Balaban J connectivity index is 1.63. The van der Waals surface area contributed by atoms with E-state index in [4.69, 9.17) is 5.14 Å². The van der Waals surface area contributed by atoms with Gasteiger partial charge >= 0.3 is 0 Å². The van der Waals surface area contributed by atoms with E-state index in [0.717, 1.165) is 22.6 Å². The number of nitrogens with one attached hydrogen (secondary N) is 2. The van der Waals surface area contributed by atoms with Gasteiger partial charge in [0.15, 0.2) is 5.96 Å². The van der Waals surface area contributed by atoms with Crippen molar-refractivity contribution in [3.63, 3.8) is 0 Å². The molecule has 152 valence electrons. The molecule has 0 fully saturated rings. The van der Waals surface area contributed by atoms with E-state index >= 15 is 0 Å². The molecule has 0 amide bonds. The summed E-state index contributed by atoms with van der Waals surface area (Å²) in [5.74, 6) is 1.47. The van der Waals surface area contributed by atoms with Crippen molar-refractivity contribution in [2.24, 2.45) is 10.1 Å². The number of sulfonamides is 1. The minimum Gasteiger partial charge on any atom is -0.352 e. The van der Waals surface area contributed by atoms with Gasteiger partial charge in [0, 0.05) is 20.6 Å². The Hall–Kier alpha value is -3.17. The van der Waals surface area contributed by atoms with Gasteiger partial charge in [-0.1, -0.05) is 42.5 Å². The van der Waals surface area contributed by atoms with Crippen molar-refractivity contribution in [3.8, 4) is 11.3 Å². The Morgan fingerprint density at radius 2 is 1.97 bits per heavy atom. The summed E-state index contributed by atoms with van der Waals surface area (Å²) in [6, 6.07) is 16.5. The molecule has 0 aliphatic rings. The second-order valence-corrected chi connectivity index (χ2v) is 8.12. The first-order valence-electron chi connectivity index (χ1n) is 8.99. The zero-order valence-corrected chi connectivity index (χ0v) is 17.1. The van der Waals surface area contributed by atoms with Crippen LogP contribution in [0.3, 0.4) is 0 Å². The number of nitrogens with zero attached hydrogens (tertiary/aromatic N) is 3. The smallest absolute Gasteiger partial charge is 0.238 e. The van der Waals surface area contributed by atoms with Gasteiger partial charge in [0.2, 0.25) is 10.0 Å². The lowest BCUT2D eigenvalue weighted by Gasteiger charge is -2.21. The Bertz CT molecular complexity index is 1090. The maximum atomic E-state index is 11.5. The molecule has 29 heavy (non-hydrogen) atoms. The van der Waals surface area contributed by atoms with Crippen molar-refractivity contribution in [2.75, 3.05) is 14.1 Å². The van der Waals surface area contributed by atoms with E-state index in [2.05, 4.69) is 20.3 Å². The van der Waals surface area contributed by atoms with Crippen LogP contribution in [0.25, 0.3) is 11.3 Å². The van der Waals surface area contributed by atoms with Gasteiger partial charge < -0.3 is 15.2 Å². The third-order valence-corrected chi connectivity index (χ3v) is 5.26. The molecule has 0 unspecified atom stereocenters. The quantitative estimate of drug-likeness (QED) is 0.423. The fourth-order valence-corrected chi connectivity index (χ4v) is 3.49. The average Bonchev–Trinajstić information content (AvgIpc) is 3.17. The Kier molecular flexibility index (Phi) is 6.30. The molecule has 0 saturated heterocycles. The number of hydrogen-bond acceptors (Lipinski definition) is 4. The number of benzene rings is 2. The largest absolute Gasteiger partial charge is 0.352 e. The normalized spacial score (nSPS) is 12.0. The summed E-state index contributed by atoms with van der Waals surface area (Å²) in [6.45, 7) is 0.942. The molecule has 0 aliphatic heterocycles. The highest BCUT2D eigenvalue weighted by molar-refractivity contribution is 7.89. The van der Waals surface area contributed by atoms with Crippen molar-refractivity contribution in [1.29, 1.82) is 0 Å². The first-order chi connectivity index (χ1) is 13.9. The van der Waals surface area contributed by atoms with Gasteiger partial charge in [-0.15, -0.1) is 0 Å². The summed E-state index contributed by atoms with van der Waals surface area (Å²) in [7, 11) is -0.133. The van der Waals surface area contributed by atoms with Crippen LogP contribution in [-0.4, -0.2) is 43.3 Å². The van der Waals surface area contributed by atoms with Crippen LogP contribution in [-0.2, 0) is 23.1 Å². The molecule has 0 bridgehead atoms. The maximum Gasteiger partial charge on any atom is 0.238 e. The summed E-state index contributed by atoms with van der Waals surface area (Å²) in [6.07, 6.45) is 1.81. The van der Waals surface area contributed by atoms with Gasteiger partial charge in [-0.3, -0.25) is 4.99 Å². The molecule has 0 aliphatic carbocycles. The number of imidazole rings is 1. The maximum absolute atomic E-state index is 11.5. The average molecular weight is 413 g/mol. The lowest BCUT2D eigenvalue weighted by Crippen LogP contribution is -2.38. The number of aromatic amines is 1. The minimum atomic E-state index is -3.73. The Morgan fingerprint density at radius 1 is 1.21 bits per heavy atom. The SMILES string of the molecule is CN=C(NCc1cccc(S(N)(=O)=O)c1)N(C)Cc1ncc(-c2ccccc2)[nH]1. The Morgan fingerprint density at radius 3 is 2.66 bits per heavy atom. The predicted molar refractivity (Wildman–Crippen MR) is 114 cm³/mol. The summed E-state index contributed by atoms with van der Waals surface area (Å²) >= 11 is 0. The molecule has 3 rings (SSSR count). The van der Waals surface area contributed by atoms with Crippen LogP contribution in [0.5, 0.6) is 0 Å². The van der Waals surface area contributed by atoms with E-state index in [-0.39, 0.29) is 4.90 Å². The van der Waals surface area contributed by atoms with Gasteiger partial charge in [0.05, 0.1) is 23.3 Å². The molecule has 1 aromatic heterocycles. The molecule has 1 heterocycles. The second kappa shape index (κ2) is 8.89. The zero-order chi connectivity index (χ0) is 20.9. The molecule has 2 aromatic carbocycles. The number of guanidine groups is 1. The van der Waals surface area contributed by atoms with Crippen molar-refractivity contribution in [2.45, 2.75) is 18.0 Å². The van der Waals surface area contributed by atoms with E-state index < -0.39 is 10.0 Å². The van der Waals surface area contributed by atoms with Crippen LogP contribution in [0.2, 0.25) is 0 Å². The fraction of sp³-hybridized carbons (Fsp3) is 0.200. The molecular formula is C20H24N6O2S. The molecule has 0 spiro atoms. The number of aliphatic imine (C=N–C) groups is 1. The number of primary sulfonamides is 1. The highest BCUT2D eigenvalue weighted by Gasteiger charge is 2.11. The van der Waals surface area contributed by atoms with E-state index in [1.54, 1.807) is 19.2 Å². The van der Waals surface area contributed by atoms with E-state index in [9.17, 15) is 8.42 Å². The summed E-state index contributed by atoms with van der Waals surface area (Å²) in [4.78, 5) is 14.1. The van der Waals surface area contributed by atoms with E-state index in [1.165, 1.54) is 6.07 Å². The number of rotatable bonds is 6. The zero-order valence-electron chi connectivity index (χ0n) is 16.3. The van der Waals surface area contributed by atoms with E-state index in [1.807, 2.05) is 54.5 Å². The van der Waals surface area contributed by atoms with Crippen LogP contribution >= 0.6 is 0 Å². The molecule has 4 N–H and O–H groups in total. The molecule has 3 aromatic rings. The van der Waals surface area contributed by atoms with Crippen LogP contribution in [0.1, 0.15) is 11.4 Å². The summed E-state index contributed by atoms with van der Waals surface area (Å²) in [5.41, 5.74) is 2.82. The second-order valence-electron chi connectivity index (χ2n) is 6.56. The Labute approximate surface area is 170 Å². The van der Waals surface area contributed by atoms with Crippen molar-refractivity contribution >= 4 is 16.0 Å². The molecular weight excluding hydrogens is 388 g/mol. The first kappa shape index (κ1) is 20.6. The van der Waals surface area contributed by atoms with Crippen molar-refractivity contribution < 1.29 is 8.42 Å². The lowest BCUT2D eigenvalue weighted by molar-refractivity contribution is 0.464. The van der Waals surface area contributed by atoms with Gasteiger partial charge in [0.25, 0.3) is 0 Å². The van der Waals surface area contributed by atoms with Gasteiger partial charge in [-0.05, 0) is 23.3 Å². The van der Waals surface area contributed by atoms with Crippen LogP contribution < -0.4 is 10.5 Å². The monoisotopic (exact) mass is 412 g/mol. The minimum absolute atomic E-state index is 0.0872. The van der Waals surface area contributed by atoms with E-state index in [0.29, 0.717) is 19.0 Å². The van der Waals surface area contributed by atoms with Crippen molar-refractivity contribution in [3.05, 3.63) is 72.2 Å². The topological polar surface area (TPSA) is 116 Å². The van der Waals surface area contributed by atoms with Crippen LogP contribution in [0.15, 0.2) is 70.7 Å². The van der Waals surface area contributed by atoms with Crippen molar-refractivity contribution in [1.82, 2.24) is 20.2 Å². The number of nitrogens with two attached hydrogens (primary N) is 1. The predicted octanol–water partition coefficient (Wildman–Crippen LogP) is 1.93. The first-order valence-corrected chi connectivity index (χ1v) is 10.5. The molecule has 0 atom stereocenters.